The second kappa shape index (κ2) is 5.73. The summed E-state index contributed by atoms with van der Waals surface area (Å²) in [6.07, 6.45) is 4.82. The van der Waals surface area contributed by atoms with E-state index in [4.69, 9.17) is 4.74 Å². The Labute approximate surface area is 148 Å². The third-order valence-electron chi connectivity index (χ3n) is 4.26. The summed E-state index contributed by atoms with van der Waals surface area (Å²) in [5, 5.41) is 7.70. The van der Waals surface area contributed by atoms with Crippen molar-refractivity contribution in [2.24, 2.45) is 0 Å². The summed E-state index contributed by atoms with van der Waals surface area (Å²) in [5.74, 6) is 1.18. The van der Waals surface area contributed by atoms with Crippen molar-refractivity contribution in [2.75, 3.05) is 5.32 Å². The monoisotopic (exact) mass is 388 g/mol. The topological polar surface area (TPSA) is 69.0 Å². The highest BCUT2D eigenvalue weighted by atomic mass is 79.9. The van der Waals surface area contributed by atoms with Gasteiger partial charge in [-0.2, -0.15) is 4.98 Å². The molecule has 1 fully saturated rings. The lowest BCUT2D eigenvalue weighted by Gasteiger charge is -2.16. The molecule has 7 heteroatoms. The standard InChI is InChI=1S/C17H17BrN4O2/c1-11(23)24-17(8-9-17)12-4-6-13(7-5-12)19-16-20-15-14(18)3-2-10-22(15)21-16/h3-7H,2,8-10H2,1H3,(H,19,21). The van der Waals surface area contributed by atoms with E-state index in [1.807, 2.05) is 28.9 Å². The Kier molecular flexibility index (Phi) is 3.68. The molecule has 1 aromatic heterocycles. The van der Waals surface area contributed by atoms with E-state index in [2.05, 4.69) is 37.4 Å². The van der Waals surface area contributed by atoms with Crippen LogP contribution in [-0.4, -0.2) is 20.7 Å². The number of benzene rings is 1. The fourth-order valence-corrected chi connectivity index (χ4v) is 3.48. The van der Waals surface area contributed by atoms with E-state index in [9.17, 15) is 4.79 Å². The zero-order valence-corrected chi connectivity index (χ0v) is 14.8. The fourth-order valence-electron chi connectivity index (χ4n) is 2.96. The number of fused-ring (bicyclic) bond motifs is 1. The number of aromatic nitrogens is 3. The molecule has 1 N–H and O–H groups in total. The van der Waals surface area contributed by atoms with Crippen LogP contribution in [-0.2, 0) is 21.7 Å². The van der Waals surface area contributed by atoms with Gasteiger partial charge in [0.2, 0.25) is 5.95 Å². The van der Waals surface area contributed by atoms with Crippen molar-refractivity contribution in [1.82, 2.24) is 14.8 Å². The van der Waals surface area contributed by atoms with Gasteiger partial charge in [0.15, 0.2) is 5.82 Å². The molecule has 0 unspecified atom stereocenters. The van der Waals surface area contributed by atoms with Gasteiger partial charge in [-0.25, -0.2) is 4.68 Å². The average molecular weight is 389 g/mol. The summed E-state index contributed by atoms with van der Waals surface area (Å²) in [7, 11) is 0. The second-order valence-corrected chi connectivity index (χ2v) is 6.97. The lowest BCUT2D eigenvalue weighted by atomic mass is 10.1. The number of halogens is 1. The van der Waals surface area contributed by atoms with Gasteiger partial charge in [0, 0.05) is 19.2 Å². The Hall–Kier alpha value is -2.15. The van der Waals surface area contributed by atoms with Crippen molar-refractivity contribution in [3.63, 3.8) is 0 Å². The van der Waals surface area contributed by atoms with Gasteiger partial charge in [0.05, 0.1) is 4.48 Å². The maximum absolute atomic E-state index is 11.2. The van der Waals surface area contributed by atoms with Crippen molar-refractivity contribution in [1.29, 1.82) is 0 Å². The van der Waals surface area contributed by atoms with Crippen LogP contribution in [0.25, 0.3) is 4.48 Å². The first kappa shape index (κ1) is 15.4. The molecule has 0 amide bonds. The van der Waals surface area contributed by atoms with Crippen LogP contribution in [0.15, 0.2) is 30.3 Å². The minimum Gasteiger partial charge on any atom is -0.454 e. The van der Waals surface area contributed by atoms with Crippen LogP contribution in [0, 0.1) is 0 Å². The summed E-state index contributed by atoms with van der Waals surface area (Å²) in [4.78, 5) is 15.7. The highest BCUT2D eigenvalue weighted by molar-refractivity contribution is 9.15. The highest BCUT2D eigenvalue weighted by Crippen LogP contribution is 2.49. The van der Waals surface area contributed by atoms with Crippen molar-refractivity contribution in [3.05, 3.63) is 41.7 Å². The first-order chi connectivity index (χ1) is 11.6. The predicted octanol–water partition coefficient (Wildman–Crippen LogP) is 3.71. The summed E-state index contributed by atoms with van der Waals surface area (Å²) >= 11 is 3.51. The number of nitrogens with zero attached hydrogens (tertiary/aromatic N) is 3. The van der Waals surface area contributed by atoms with Crippen molar-refractivity contribution >= 4 is 38.0 Å². The van der Waals surface area contributed by atoms with Gasteiger partial charge in [-0.1, -0.05) is 18.2 Å². The number of carbonyl (C=O) groups excluding carboxylic acids is 1. The van der Waals surface area contributed by atoms with Crippen LogP contribution >= 0.6 is 15.9 Å². The van der Waals surface area contributed by atoms with Gasteiger partial charge in [-0.05, 0) is 52.9 Å². The summed E-state index contributed by atoms with van der Waals surface area (Å²) < 4.78 is 8.32. The van der Waals surface area contributed by atoms with Gasteiger partial charge in [0.25, 0.3) is 0 Å². The van der Waals surface area contributed by atoms with Crippen LogP contribution in [0.5, 0.6) is 0 Å². The average Bonchev–Trinajstić information content (AvgIpc) is 3.19. The molecule has 1 saturated carbocycles. The van der Waals surface area contributed by atoms with Gasteiger partial charge < -0.3 is 10.1 Å². The molecule has 0 saturated heterocycles. The van der Waals surface area contributed by atoms with E-state index < -0.39 is 5.60 Å². The molecule has 6 nitrogen and oxygen atoms in total. The number of nitrogens with one attached hydrogen (secondary N) is 1. The second-order valence-electron chi connectivity index (χ2n) is 6.11. The normalized spacial score (nSPS) is 17.7. The fraction of sp³-hybridized carbons (Fsp3) is 0.353. The van der Waals surface area contributed by atoms with E-state index >= 15 is 0 Å². The van der Waals surface area contributed by atoms with Gasteiger partial charge in [-0.15, -0.1) is 5.10 Å². The molecule has 1 aromatic carbocycles. The zero-order chi connectivity index (χ0) is 16.7. The molecule has 2 aliphatic rings. The number of rotatable bonds is 4. The third-order valence-corrected chi connectivity index (χ3v) is 4.94. The molecule has 2 aromatic rings. The Morgan fingerprint density at radius 2 is 2.08 bits per heavy atom. The lowest BCUT2D eigenvalue weighted by Crippen LogP contribution is -2.15. The SMILES string of the molecule is CC(=O)OC1(c2ccc(Nc3nc4n(n3)CCC=C4Br)cc2)CC1. The molecule has 0 bridgehead atoms. The van der Waals surface area contributed by atoms with Gasteiger partial charge in [0.1, 0.15) is 5.60 Å². The van der Waals surface area contributed by atoms with Gasteiger partial charge >= 0.3 is 5.97 Å². The minimum absolute atomic E-state index is 0.235. The molecule has 1 aliphatic heterocycles. The lowest BCUT2D eigenvalue weighted by molar-refractivity contribution is -0.149. The van der Waals surface area contributed by atoms with Crippen LogP contribution in [0.2, 0.25) is 0 Å². The van der Waals surface area contributed by atoms with Crippen molar-refractivity contribution in [3.8, 4) is 0 Å². The number of carbonyl (C=O) groups is 1. The molecular formula is C17H17BrN4O2. The zero-order valence-electron chi connectivity index (χ0n) is 13.3. The third kappa shape index (κ3) is 2.84. The first-order valence-corrected chi connectivity index (χ1v) is 8.73. The van der Waals surface area contributed by atoms with Crippen molar-refractivity contribution < 1.29 is 9.53 Å². The molecule has 24 heavy (non-hydrogen) atoms. The number of esters is 1. The van der Waals surface area contributed by atoms with E-state index in [1.165, 1.54) is 6.92 Å². The molecule has 2 heterocycles. The smallest absolute Gasteiger partial charge is 0.303 e. The van der Waals surface area contributed by atoms with Crippen molar-refractivity contribution in [2.45, 2.75) is 38.3 Å². The molecule has 0 spiro atoms. The van der Waals surface area contributed by atoms with Crippen LogP contribution in [0.4, 0.5) is 11.6 Å². The molecule has 0 atom stereocenters. The maximum atomic E-state index is 11.2. The molecule has 1 aliphatic carbocycles. The molecule has 0 radical (unpaired) electrons. The number of hydrogen-bond acceptors (Lipinski definition) is 5. The largest absolute Gasteiger partial charge is 0.454 e. The number of allylic oxidation sites excluding steroid dienone is 1. The maximum Gasteiger partial charge on any atom is 0.303 e. The van der Waals surface area contributed by atoms with E-state index in [0.717, 1.165) is 47.4 Å². The van der Waals surface area contributed by atoms with Crippen LogP contribution < -0.4 is 5.32 Å². The van der Waals surface area contributed by atoms with Gasteiger partial charge in [-0.3, -0.25) is 4.79 Å². The van der Waals surface area contributed by atoms with E-state index in [-0.39, 0.29) is 5.97 Å². The summed E-state index contributed by atoms with van der Waals surface area (Å²) in [5.41, 5.74) is 1.53. The van der Waals surface area contributed by atoms with Crippen LogP contribution in [0.3, 0.4) is 0 Å². The summed E-state index contributed by atoms with van der Waals surface area (Å²) in [6.45, 7) is 2.29. The minimum atomic E-state index is -0.411. The number of hydrogen-bond donors (Lipinski definition) is 1. The Bertz CT molecular complexity index is 822. The Balaban J connectivity index is 1.50. The van der Waals surface area contributed by atoms with E-state index in [1.54, 1.807) is 0 Å². The first-order valence-electron chi connectivity index (χ1n) is 7.94. The highest BCUT2D eigenvalue weighted by Gasteiger charge is 2.47. The Morgan fingerprint density at radius 3 is 2.71 bits per heavy atom. The summed E-state index contributed by atoms with van der Waals surface area (Å²) in [6, 6.07) is 7.90. The molecule has 124 valence electrons. The quantitative estimate of drug-likeness (QED) is 0.808. The predicted molar refractivity (Wildman–Crippen MR) is 93.9 cm³/mol. The number of aryl methyl sites for hydroxylation is 1. The molecular weight excluding hydrogens is 372 g/mol. The van der Waals surface area contributed by atoms with E-state index in [0.29, 0.717) is 5.95 Å². The van der Waals surface area contributed by atoms with Crippen LogP contribution in [0.1, 0.15) is 37.6 Å². The molecule has 4 rings (SSSR count). The number of anilines is 2. The Morgan fingerprint density at radius 1 is 1.33 bits per heavy atom. The number of ether oxygens (including phenoxy) is 1.